The number of fused-ring (bicyclic) bond motifs is 1. The number of aromatic nitrogens is 2. The fourth-order valence-corrected chi connectivity index (χ4v) is 3.47. The molecule has 4 rings (SSSR count). The molecule has 11 heteroatoms. The van der Waals surface area contributed by atoms with Crippen molar-refractivity contribution in [2.24, 2.45) is 4.99 Å². The van der Waals surface area contributed by atoms with E-state index in [2.05, 4.69) is 26.8 Å². The molecule has 34 heavy (non-hydrogen) atoms. The lowest BCUT2D eigenvalue weighted by Crippen LogP contribution is -2.37. The van der Waals surface area contributed by atoms with E-state index in [0.29, 0.717) is 48.8 Å². The molecule has 0 saturated carbocycles. The monoisotopic (exact) mass is 577 g/mol. The van der Waals surface area contributed by atoms with E-state index >= 15 is 0 Å². The number of hydrogen-bond donors (Lipinski definition) is 3. The Hall–Kier alpha value is -3.53. The lowest BCUT2D eigenvalue weighted by Gasteiger charge is -2.12. The van der Waals surface area contributed by atoms with E-state index in [1.54, 1.807) is 19.2 Å². The third kappa shape index (κ3) is 5.69. The molecule has 9 nitrogen and oxygen atoms in total. The zero-order chi connectivity index (χ0) is 23.2. The van der Waals surface area contributed by atoms with Crippen LogP contribution in [0.2, 0.25) is 0 Å². The molecule has 2 heterocycles. The van der Waals surface area contributed by atoms with E-state index in [9.17, 15) is 9.65 Å². The Labute approximate surface area is 213 Å². The Morgan fingerprint density at radius 3 is 2.71 bits per heavy atom. The number of nitrogens with one attached hydrogen (secondary N) is 2. The second-order valence-electron chi connectivity index (χ2n) is 7.35. The molecule has 1 aliphatic rings. The number of nitrogens with zero attached hydrogens (tertiary/aromatic N) is 4. The quantitative estimate of drug-likeness (QED) is 0.171. The summed E-state index contributed by atoms with van der Waals surface area (Å²) in [5.41, 5.74) is 8.69. The lowest BCUT2D eigenvalue weighted by molar-refractivity contribution is 0.174. The Kier molecular flexibility index (Phi) is 8.53. The van der Waals surface area contributed by atoms with E-state index in [0.717, 1.165) is 17.1 Å². The van der Waals surface area contributed by atoms with E-state index in [-0.39, 0.29) is 42.4 Å². The van der Waals surface area contributed by atoms with Crippen molar-refractivity contribution in [3.8, 4) is 23.3 Å². The van der Waals surface area contributed by atoms with Gasteiger partial charge in [0.05, 0.1) is 11.4 Å². The molecule has 0 radical (unpaired) electrons. The Bertz CT molecular complexity index is 1210. The van der Waals surface area contributed by atoms with Crippen LogP contribution in [0, 0.1) is 17.1 Å². The maximum Gasteiger partial charge on any atom is 0.231 e. The van der Waals surface area contributed by atoms with Gasteiger partial charge in [-0.15, -0.1) is 24.0 Å². The summed E-state index contributed by atoms with van der Waals surface area (Å²) in [7, 11) is 1.70. The number of guanidine groups is 1. The summed E-state index contributed by atoms with van der Waals surface area (Å²) in [6.45, 7) is 1.44. The Morgan fingerprint density at radius 2 is 1.97 bits per heavy atom. The topological polar surface area (TPSA) is 123 Å². The van der Waals surface area contributed by atoms with Crippen LogP contribution in [0.15, 0.2) is 47.5 Å². The van der Waals surface area contributed by atoms with Gasteiger partial charge in [-0.2, -0.15) is 10.4 Å². The van der Waals surface area contributed by atoms with Crippen molar-refractivity contribution in [2.75, 3.05) is 26.1 Å². The number of aryl methyl sites for hydroxylation is 1. The molecule has 0 bridgehead atoms. The molecular weight excluding hydrogens is 552 g/mol. The van der Waals surface area contributed by atoms with Gasteiger partial charge in [0.2, 0.25) is 6.79 Å². The smallest absolute Gasteiger partial charge is 0.231 e. The van der Waals surface area contributed by atoms with E-state index in [1.165, 1.54) is 16.8 Å². The van der Waals surface area contributed by atoms with Crippen molar-refractivity contribution in [2.45, 2.75) is 19.4 Å². The molecule has 0 unspecified atom stereocenters. The molecule has 0 saturated heterocycles. The SMILES string of the molecule is CN=C(NCCCc1nn(-c2ccc(F)cc2)c(N)c1C#N)NCc1ccc2c(c1)OCO2.I. The molecule has 0 spiro atoms. The van der Waals surface area contributed by atoms with Crippen LogP contribution < -0.4 is 25.8 Å². The highest BCUT2D eigenvalue weighted by molar-refractivity contribution is 14.0. The first-order chi connectivity index (χ1) is 16.1. The third-order valence-corrected chi connectivity index (χ3v) is 5.18. The molecule has 1 aromatic heterocycles. The summed E-state index contributed by atoms with van der Waals surface area (Å²) in [5.74, 6) is 2.04. The summed E-state index contributed by atoms with van der Waals surface area (Å²) in [5, 5.41) is 20.5. The number of aliphatic imine (C=N–C) groups is 1. The van der Waals surface area contributed by atoms with Gasteiger partial charge in [-0.3, -0.25) is 4.99 Å². The molecule has 0 amide bonds. The summed E-state index contributed by atoms with van der Waals surface area (Å²) in [6.07, 6.45) is 1.26. The summed E-state index contributed by atoms with van der Waals surface area (Å²) >= 11 is 0. The number of benzene rings is 2. The van der Waals surface area contributed by atoms with Crippen molar-refractivity contribution in [1.82, 2.24) is 20.4 Å². The summed E-state index contributed by atoms with van der Waals surface area (Å²) in [4.78, 5) is 4.23. The maximum absolute atomic E-state index is 13.2. The van der Waals surface area contributed by atoms with Gasteiger partial charge in [0.15, 0.2) is 17.5 Å². The van der Waals surface area contributed by atoms with Crippen molar-refractivity contribution in [3.05, 3.63) is 65.1 Å². The minimum atomic E-state index is -0.350. The largest absolute Gasteiger partial charge is 0.454 e. The summed E-state index contributed by atoms with van der Waals surface area (Å²) in [6, 6.07) is 13.7. The van der Waals surface area contributed by atoms with E-state index in [4.69, 9.17) is 15.2 Å². The number of rotatable bonds is 7. The van der Waals surface area contributed by atoms with Crippen LogP contribution in [-0.2, 0) is 13.0 Å². The minimum Gasteiger partial charge on any atom is -0.454 e. The molecule has 3 aromatic rings. The van der Waals surface area contributed by atoms with Crippen LogP contribution in [-0.4, -0.2) is 36.1 Å². The van der Waals surface area contributed by atoms with Crippen molar-refractivity contribution in [3.63, 3.8) is 0 Å². The van der Waals surface area contributed by atoms with Crippen molar-refractivity contribution < 1.29 is 13.9 Å². The number of nitrogens with two attached hydrogens (primary N) is 1. The Morgan fingerprint density at radius 1 is 1.21 bits per heavy atom. The zero-order valence-corrected chi connectivity index (χ0v) is 20.9. The zero-order valence-electron chi connectivity index (χ0n) is 18.5. The van der Waals surface area contributed by atoms with Crippen LogP contribution >= 0.6 is 24.0 Å². The average Bonchev–Trinajstić information content (AvgIpc) is 3.42. The Balaban J connectivity index is 0.00000324. The molecule has 2 aromatic carbocycles. The molecule has 0 fully saturated rings. The van der Waals surface area contributed by atoms with Gasteiger partial charge < -0.3 is 25.8 Å². The van der Waals surface area contributed by atoms with Crippen molar-refractivity contribution >= 4 is 35.8 Å². The number of anilines is 1. The number of nitrogen functional groups attached to an aromatic ring is 1. The number of hydrogen-bond acceptors (Lipinski definition) is 6. The van der Waals surface area contributed by atoms with Crippen molar-refractivity contribution in [1.29, 1.82) is 5.26 Å². The van der Waals surface area contributed by atoms with Crippen LogP contribution in [0.4, 0.5) is 10.2 Å². The highest BCUT2D eigenvalue weighted by atomic mass is 127. The minimum absolute atomic E-state index is 0. The van der Waals surface area contributed by atoms with E-state index in [1.807, 2.05) is 18.2 Å². The first-order valence-corrected chi connectivity index (χ1v) is 10.5. The molecule has 0 aliphatic carbocycles. The molecule has 178 valence electrons. The van der Waals surface area contributed by atoms with Gasteiger partial charge >= 0.3 is 0 Å². The molecular formula is C23H25FIN7O2. The average molecular weight is 577 g/mol. The normalized spacial score (nSPS) is 12.1. The number of halogens is 2. The highest BCUT2D eigenvalue weighted by Crippen LogP contribution is 2.32. The predicted octanol–water partition coefficient (Wildman–Crippen LogP) is 3.11. The van der Waals surface area contributed by atoms with Gasteiger partial charge in [-0.05, 0) is 54.8 Å². The van der Waals surface area contributed by atoms with Crippen LogP contribution in [0.3, 0.4) is 0 Å². The summed E-state index contributed by atoms with van der Waals surface area (Å²) < 4.78 is 25.4. The molecule has 1 aliphatic heterocycles. The fourth-order valence-electron chi connectivity index (χ4n) is 3.47. The third-order valence-electron chi connectivity index (χ3n) is 5.18. The van der Waals surface area contributed by atoms with Gasteiger partial charge in [0.1, 0.15) is 23.3 Å². The second-order valence-corrected chi connectivity index (χ2v) is 7.35. The molecule has 4 N–H and O–H groups in total. The first-order valence-electron chi connectivity index (χ1n) is 10.5. The lowest BCUT2D eigenvalue weighted by atomic mass is 10.1. The number of nitriles is 1. The molecule has 0 atom stereocenters. The fraction of sp³-hybridized carbons (Fsp3) is 0.261. The van der Waals surface area contributed by atoms with Crippen LogP contribution in [0.1, 0.15) is 23.2 Å². The van der Waals surface area contributed by atoms with Gasteiger partial charge in [0, 0.05) is 20.1 Å². The maximum atomic E-state index is 13.2. The first kappa shape index (κ1) is 25.1. The standard InChI is InChI=1S/C23H24FN7O2.HI/c1-27-23(29-13-15-4-9-20-21(11-15)33-14-32-20)28-10-2-3-19-18(12-25)22(26)31(30-19)17-7-5-16(24)6-8-17;/h4-9,11H,2-3,10,13-14,26H2,1H3,(H2,27,28,29);1H. The highest BCUT2D eigenvalue weighted by Gasteiger charge is 2.16. The van der Waals surface area contributed by atoms with Gasteiger partial charge in [-0.25, -0.2) is 9.07 Å². The van der Waals surface area contributed by atoms with Gasteiger partial charge in [-0.1, -0.05) is 6.07 Å². The van der Waals surface area contributed by atoms with Crippen LogP contribution in [0.25, 0.3) is 5.69 Å². The van der Waals surface area contributed by atoms with Crippen LogP contribution in [0.5, 0.6) is 11.5 Å². The second kappa shape index (κ2) is 11.6. The number of ether oxygens (including phenoxy) is 2. The predicted molar refractivity (Wildman–Crippen MR) is 137 cm³/mol. The van der Waals surface area contributed by atoms with Gasteiger partial charge in [0.25, 0.3) is 0 Å². The van der Waals surface area contributed by atoms with E-state index < -0.39 is 0 Å².